The number of rotatable bonds is 3. The van der Waals surface area contributed by atoms with Gasteiger partial charge >= 0.3 is 5.97 Å². The molecule has 0 radical (unpaired) electrons. The quantitative estimate of drug-likeness (QED) is 0.420. The van der Waals surface area contributed by atoms with E-state index < -0.39 is 16.9 Å². The maximum absolute atomic E-state index is 12.4. The van der Waals surface area contributed by atoms with E-state index in [-0.39, 0.29) is 6.61 Å². The molecule has 11 heavy (non-hydrogen) atoms. The summed E-state index contributed by atoms with van der Waals surface area (Å²) in [7, 11) is 0. The maximum Gasteiger partial charge on any atom is 0.366 e. The van der Waals surface area contributed by atoms with Crippen LogP contribution in [0.4, 0.5) is 8.78 Å². The minimum atomic E-state index is -1.66. The molecule has 5 heteroatoms. The average molecular weight is 229 g/mol. The van der Waals surface area contributed by atoms with Gasteiger partial charge in [-0.1, -0.05) is 0 Å². The molecule has 64 valence electrons. The highest BCUT2D eigenvalue weighted by molar-refractivity contribution is 9.09. The number of allylic oxidation sites excluding steroid dienone is 1. The Morgan fingerprint density at radius 1 is 1.82 bits per heavy atom. The molecule has 1 unspecified atom stereocenters. The van der Waals surface area contributed by atoms with Crippen LogP contribution in [0.2, 0.25) is 0 Å². The third kappa shape index (κ3) is 4.89. The first-order chi connectivity index (χ1) is 5.07. The van der Waals surface area contributed by atoms with Gasteiger partial charge in [0.2, 0.25) is 5.83 Å². The van der Waals surface area contributed by atoms with Crippen molar-refractivity contribution < 1.29 is 18.3 Å². The van der Waals surface area contributed by atoms with Gasteiger partial charge in [0.25, 0.3) is 0 Å². The smallest absolute Gasteiger partial charge is 0.366 e. The summed E-state index contributed by atoms with van der Waals surface area (Å²) in [6.07, 6.45) is 0.484. The largest absolute Gasteiger partial charge is 0.461 e. The number of carbonyl (C=O) groups excluding carboxylic acids is 1. The van der Waals surface area contributed by atoms with E-state index in [4.69, 9.17) is 0 Å². The van der Waals surface area contributed by atoms with E-state index in [9.17, 15) is 13.6 Å². The predicted molar refractivity (Wildman–Crippen MR) is 39.6 cm³/mol. The summed E-state index contributed by atoms with van der Waals surface area (Å²) in [4.78, 5) is 10.4. The zero-order chi connectivity index (χ0) is 8.85. The van der Waals surface area contributed by atoms with Crippen LogP contribution in [-0.2, 0) is 9.53 Å². The van der Waals surface area contributed by atoms with Gasteiger partial charge in [0.15, 0.2) is 5.08 Å². The average Bonchev–Trinajstić information content (AvgIpc) is 1.86. The van der Waals surface area contributed by atoms with Crippen molar-refractivity contribution in [3.63, 3.8) is 0 Å². The van der Waals surface area contributed by atoms with Crippen LogP contribution in [0.5, 0.6) is 0 Å². The van der Waals surface area contributed by atoms with Crippen LogP contribution in [0.1, 0.15) is 6.92 Å². The molecule has 0 aliphatic carbocycles. The number of alkyl halides is 2. The lowest BCUT2D eigenvalue weighted by molar-refractivity contribution is -0.140. The Labute approximate surface area is 71.3 Å². The third-order valence-corrected chi connectivity index (χ3v) is 1.01. The molecule has 1 atom stereocenters. The van der Waals surface area contributed by atoms with Crippen molar-refractivity contribution in [1.29, 1.82) is 0 Å². The van der Waals surface area contributed by atoms with Gasteiger partial charge in [-0.25, -0.2) is 9.18 Å². The summed E-state index contributed by atoms with van der Waals surface area (Å²) in [6.45, 7) is 1.60. The molecule has 0 aliphatic heterocycles. The van der Waals surface area contributed by atoms with E-state index in [1.807, 2.05) is 0 Å². The molecule has 2 nitrogen and oxygen atoms in total. The van der Waals surface area contributed by atoms with Crippen molar-refractivity contribution >= 4 is 21.9 Å². The van der Waals surface area contributed by atoms with E-state index in [0.29, 0.717) is 6.08 Å². The minimum absolute atomic E-state index is 0.0688. The number of hydrogen-bond acceptors (Lipinski definition) is 2. The van der Waals surface area contributed by atoms with Gasteiger partial charge < -0.3 is 4.74 Å². The molecule has 0 saturated heterocycles. The zero-order valence-corrected chi connectivity index (χ0v) is 7.40. The fourth-order valence-corrected chi connectivity index (χ4v) is 0.611. The number of halogens is 3. The second kappa shape index (κ2) is 5.23. The molecule has 0 aromatic rings. The first-order valence-electron chi connectivity index (χ1n) is 2.90. The molecule has 0 saturated carbocycles. The Morgan fingerprint density at radius 3 is 2.73 bits per heavy atom. The van der Waals surface area contributed by atoms with Gasteiger partial charge in [-0.2, -0.15) is 4.39 Å². The van der Waals surface area contributed by atoms with E-state index in [1.54, 1.807) is 0 Å². The van der Waals surface area contributed by atoms with Crippen LogP contribution in [0, 0.1) is 0 Å². The molecule has 0 aliphatic rings. The Bertz CT molecular complexity index is 168. The monoisotopic (exact) mass is 228 g/mol. The van der Waals surface area contributed by atoms with Crippen LogP contribution in [0.3, 0.4) is 0 Å². The van der Waals surface area contributed by atoms with Crippen LogP contribution in [0.25, 0.3) is 0 Å². The van der Waals surface area contributed by atoms with Crippen molar-refractivity contribution in [3.8, 4) is 0 Å². The third-order valence-electron chi connectivity index (χ3n) is 0.743. The SMILES string of the molecule is CCOC(=O)/C(F)=C/C(F)Br. The van der Waals surface area contributed by atoms with Crippen molar-refractivity contribution in [3.05, 3.63) is 11.9 Å². The van der Waals surface area contributed by atoms with E-state index in [0.717, 1.165) is 0 Å². The first-order valence-corrected chi connectivity index (χ1v) is 3.82. The van der Waals surface area contributed by atoms with Crippen molar-refractivity contribution in [1.82, 2.24) is 0 Å². The van der Waals surface area contributed by atoms with Crippen molar-refractivity contribution in [2.45, 2.75) is 12.0 Å². The Balaban J connectivity index is 4.01. The Hall–Kier alpha value is -0.450. The maximum atomic E-state index is 12.4. The first kappa shape index (κ1) is 10.6. The van der Waals surface area contributed by atoms with Gasteiger partial charge in [0.05, 0.1) is 6.61 Å². The minimum Gasteiger partial charge on any atom is -0.461 e. The number of ether oxygens (including phenoxy) is 1. The Morgan fingerprint density at radius 2 is 2.36 bits per heavy atom. The van der Waals surface area contributed by atoms with Crippen molar-refractivity contribution in [2.24, 2.45) is 0 Å². The zero-order valence-electron chi connectivity index (χ0n) is 5.81. The second-order valence-corrected chi connectivity index (χ2v) is 2.44. The molecule has 0 fully saturated rings. The topological polar surface area (TPSA) is 26.3 Å². The van der Waals surface area contributed by atoms with Gasteiger partial charge in [-0.15, -0.1) is 0 Å². The van der Waals surface area contributed by atoms with E-state index in [2.05, 4.69) is 20.7 Å². The van der Waals surface area contributed by atoms with E-state index in [1.165, 1.54) is 6.92 Å². The molecular weight excluding hydrogens is 222 g/mol. The van der Waals surface area contributed by atoms with Gasteiger partial charge in [-0.05, 0) is 22.9 Å². The second-order valence-electron chi connectivity index (χ2n) is 1.57. The highest BCUT2D eigenvalue weighted by atomic mass is 79.9. The molecule has 0 amide bonds. The number of esters is 1. The summed E-state index contributed by atoms with van der Waals surface area (Å²) in [5.74, 6) is -2.37. The predicted octanol–water partition coefficient (Wildman–Crippen LogP) is 2.09. The van der Waals surface area contributed by atoms with Crippen LogP contribution < -0.4 is 0 Å². The van der Waals surface area contributed by atoms with Gasteiger partial charge in [-0.3, -0.25) is 0 Å². The molecule has 0 rings (SSSR count). The Kier molecular flexibility index (Phi) is 5.02. The number of hydrogen-bond donors (Lipinski definition) is 0. The molecule has 0 heterocycles. The molecule has 0 aromatic carbocycles. The van der Waals surface area contributed by atoms with E-state index >= 15 is 0 Å². The van der Waals surface area contributed by atoms with Crippen LogP contribution in [-0.4, -0.2) is 17.7 Å². The summed E-state index contributed by atoms with van der Waals surface area (Å²) in [5, 5.41) is -1.66. The highest BCUT2D eigenvalue weighted by Crippen LogP contribution is 2.08. The fraction of sp³-hybridized carbons (Fsp3) is 0.500. The standard InChI is InChI=1S/C6H7BrF2O2/c1-2-11-6(10)4(8)3-5(7)9/h3,5H,2H2,1H3/b4-3-. The van der Waals surface area contributed by atoms with Gasteiger partial charge in [0, 0.05) is 6.08 Å². The molecule has 0 aromatic heterocycles. The summed E-state index contributed by atoms with van der Waals surface area (Å²) in [5.41, 5.74) is 0. The highest BCUT2D eigenvalue weighted by Gasteiger charge is 2.10. The van der Waals surface area contributed by atoms with Gasteiger partial charge in [0.1, 0.15) is 0 Å². The lowest BCUT2D eigenvalue weighted by Gasteiger charge is -1.97. The van der Waals surface area contributed by atoms with Crippen LogP contribution >= 0.6 is 15.9 Å². The lowest BCUT2D eigenvalue weighted by atomic mass is 10.5. The summed E-state index contributed by atoms with van der Waals surface area (Å²) >= 11 is 2.40. The number of carbonyl (C=O) groups is 1. The lowest BCUT2D eigenvalue weighted by Crippen LogP contribution is -2.05. The van der Waals surface area contributed by atoms with Crippen molar-refractivity contribution in [2.75, 3.05) is 6.61 Å². The molecule has 0 spiro atoms. The normalized spacial score (nSPS) is 14.4. The molecule has 0 N–H and O–H groups in total. The summed E-state index contributed by atoms with van der Waals surface area (Å²) < 4.78 is 28.5. The molecule has 0 bridgehead atoms. The fourth-order valence-electron chi connectivity index (χ4n) is 0.379. The summed E-state index contributed by atoms with van der Waals surface area (Å²) in [6, 6.07) is 0. The molecular formula is C6H7BrF2O2. The van der Waals surface area contributed by atoms with Crippen LogP contribution in [0.15, 0.2) is 11.9 Å².